The fraction of sp³-hybridized carbons (Fsp3) is 0.579. The first-order chi connectivity index (χ1) is 11.1. The summed E-state index contributed by atoms with van der Waals surface area (Å²) in [4.78, 5) is 16.4. The predicted molar refractivity (Wildman–Crippen MR) is 95.7 cm³/mol. The van der Waals surface area contributed by atoms with Gasteiger partial charge in [-0.15, -0.1) is 0 Å². The van der Waals surface area contributed by atoms with E-state index in [4.69, 9.17) is 0 Å². The standard InChI is InChI=1S/C19H29N3O/c1-15(2)8-11-20-17-10-13-21-18(14-17)19(23)22-12-9-16-6-4-3-5-7-16/h6,10,13-15H,3-5,7-9,11-12H2,1-2H3,(H,20,21)(H,22,23). The van der Waals surface area contributed by atoms with Gasteiger partial charge in [0.15, 0.2) is 0 Å². The zero-order chi connectivity index (χ0) is 16.5. The number of amides is 1. The summed E-state index contributed by atoms with van der Waals surface area (Å²) in [5.74, 6) is 0.579. The minimum absolute atomic E-state index is 0.0890. The zero-order valence-electron chi connectivity index (χ0n) is 14.4. The predicted octanol–water partition coefficient (Wildman–Crippen LogP) is 4.16. The SMILES string of the molecule is CC(C)CCNc1ccnc(C(=O)NCCC2=CCCCC2)c1. The minimum Gasteiger partial charge on any atom is -0.385 e. The maximum atomic E-state index is 12.2. The van der Waals surface area contributed by atoms with Crippen LogP contribution in [0.1, 0.15) is 62.9 Å². The van der Waals surface area contributed by atoms with Crippen LogP contribution in [0, 0.1) is 5.92 Å². The quantitative estimate of drug-likeness (QED) is 0.708. The van der Waals surface area contributed by atoms with Crippen molar-refractivity contribution in [2.24, 2.45) is 5.92 Å². The molecule has 2 N–H and O–H groups in total. The third-order valence-corrected chi connectivity index (χ3v) is 4.16. The van der Waals surface area contributed by atoms with E-state index in [-0.39, 0.29) is 5.91 Å². The van der Waals surface area contributed by atoms with E-state index in [1.807, 2.05) is 12.1 Å². The lowest BCUT2D eigenvalue weighted by molar-refractivity contribution is 0.0949. The van der Waals surface area contributed by atoms with Crippen LogP contribution < -0.4 is 10.6 Å². The van der Waals surface area contributed by atoms with Gasteiger partial charge in [0, 0.05) is 25.0 Å². The van der Waals surface area contributed by atoms with Gasteiger partial charge in [0.05, 0.1) is 0 Å². The molecule has 0 unspecified atom stereocenters. The highest BCUT2D eigenvalue weighted by Gasteiger charge is 2.09. The Balaban J connectivity index is 1.78. The molecule has 1 heterocycles. The summed E-state index contributed by atoms with van der Waals surface area (Å²) in [5, 5.41) is 6.33. The number of allylic oxidation sites excluding steroid dienone is 1. The molecular weight excluding hydrogens is 286 g/mol. The van der Waals surface area contributed by atoms with Crippen molar-refractivity contribution in [3.8, 4) is 0 Å². The summed E-state index contributed by atoms with van der Waals surface area (Å²) >= 11 is 0. The smallest absolute Gasteiger partial charge is 0.269 e. The van der Waals surface area contributed by atoms with Gasteiger partial charge in [0.25, 0.3) is 5.91 Å². The first-order valence-corrected chi connectivity index (χ1v) is 8.81. The average molecular weight is 315 g/mol. The van der Waals surface area contributed by atoms with Gasteiger partial charge >= 0.3 is 0 Å². The van der Waals surface area contributed by atoms with Crippen molar-refractivity contribution in [1.29, 1.82) is 0 Å². The maximum Gasteiger partial charge on any atom is 0.269 e. The van der Waals surface area contributed by atoms with Gasteiger partial charge in [-0.2, -0.15) is 0 Å². The van der Waals surface area contributed by atoms with Gasteiger partial charge in [-0.3, -0.25) is 9.78 Å². The molecule has 0 fully saturated rings. The summed E-state index contributed by atoms with van der Waals surface area (Å²) in [6.45, 7) is 6.01. The van der Waals surface area contributed by atoms with E-state index in [0.29, 0.717) is 18.2 Å². The van der Waals surface area contributed by atoms with Crippen molar-refractivity contribution >= 4 is 11.6 Å². The first-order valence-electron chi connectivity index (χ1n) is 8.81. The molecule has 0 saturated heterocycles. The third-order valence-electron chi connectivity index (χ3n) is 4.16. The summed E-state index contributed by atoms with van der Waals surface area (Å²) in [5.41, 5.74) is 2.92. The molecule has 1 amide bonds. The molecular formula is C19H29N3O. The lowest BCUT2D eigenvalue weighted by Gasteiger charge is -2.13. The Morgan fingerprint density at radius 1 is 1.30 bits per heavy atom. The lowest BCUT2D eigenvalue weighted by Crippen LogP contribution is -2.25. The van der Waals surface area contributed by atoms with Gasteiger partial charge in [0.1, 0.15) is 5.69 Å². The number of pyridine rings is 1. The van der Waals surface area contributed by atoms with E-state index in [1.165, 1.54) is 31.3 Å². The molecule has 126 valence electrons. The second-order valence-electron chi connectivity index (χ2n) is 6.65. The van der Waals surface area contributed by atoms with E-state index < -0.39 is 0 Å². The molecule has 0 bridgehead atoms. The molecule has 0 aliphatic heterocycles. The Kier molecular flexibility index (Phi) is 7.11. The van der Waals surface area contributed by atoms with Crippen molar-refractivity contribution in [3.05, 3.63) is 35.7 Å². The first kappa shape index (κ1) is 17.5. The third kappa shape index (κ3) is 6.43. The van der Waals surface area contributed by atoms with Gasteiger partial charge in [0.2, 0.25) is 0 Å². The molecule has 0 spiro atoms. The Labute approximate surface area is 139 Å². The number of hydrogen-bond donors (Lipinski definition) is 2. The monoisotopic (exact) mass is 315 g/mol. The van der Waals surface area contributed by atoms with Crippen molar-refractivity contribution in [3.63, 3.8) is 0 Å². The fourth-order valence-electron chi connectivity index (χ4n) is 2.73. The van der Waals surface area contributed by atoms with Gasteiger partial charge in [-0.05, 0) is 56.6 Å². The number of carbonyl (C=O) groups excluding carboxylic acids is 1. The van der Waals surface area contributed by atoms with E-state index in [1.54, 1.807) is 6.20 Å². The van der Waals surface area contributed by atoms with Crippen LogP contribution in [0.5, 0.6) is 0 Å². The Morgan fingerprint density at radius 2 is 2.17 bits per heavy atom. The highest BCUT2D eigenvalue weighted by Crippen LogP contribution is 2.19. The van der Waals surface area contributed by atoms with Crippen LogP contribution in [0.2, 0.25) is 0 Å². The number of aromatic nitrogens is 1. The summed E-state index contributed by atoms with van der Waals surface area (Å²) < 4.78 is 0. The number of nitrogens with zero attached hydrogens (tertiary/aromatic N) is 1. The molecule has 23 heavy (non-hydrogen) atoms. The van der Waals surface area contributed by atoms with Crippen LogP contribution in [-0.2, 0) is 0 Å². The van der Waals surface area contributed by atoms with Crippen LogP contribution in [0.3, 0.4) is 0 Å². The lowest BCUT2D eigenvalue weighted by atomic mass is 9.97. The van der Waals surface area contributed by atoms with Crippen molar-refractivity contribution in [2.75, 3.05) is 18.4 Å². The van der Waals surface area contributed by atoms with E-state index >= 15 is 0 Å². The van der Waals surface area contributed by atoms with Gasteiger partial charge in [-0.25, -0.2) is 0 Å². The molecule has 0 aromatic carbocycles. The molecule has 1 aromatic heterocycles. The molecule has 0 radical (unpaired) electrons. The van der Waals surface area contributed by atoms with Crippen LogP contribution >= 0.6 is 0 Å². The molecule has 4 nitrogen and oxygen atoms in total. The number of hydrogen-bond acceptors (Lipinski definition) is 3. The maximum absolute atomic E-state index is 12.2. The number of anilines is 1. The summed E-state index contributed by atoms with van der Waals surface area (Å²) in [6.07, 6.45) is 11.0. The highest BCUT2D eigenvalue weighted by molar-refractivity contribution is 5.93. The van der Waals surface area contributed by atoms with E-state index in [0.717, 1.165) is 25.1 Å². The topological polar surface area (TPSA) is 54.0 Å². The van der Waals surface area contributed by atoms with Crippen molar-refractivity contribution < 1.29 is 4.79 Å². The second-order valence-corrected chi connectivity index (χ2v) is 6.65. The molecule has 1 aliphatic rings. The Hall–Kier alpha value is -1.84. The molecule has 2 rings (SSSR count). The molecule has 4 heteroatoms. The van der Waals surface area contributed by atoms with Crippen LogP contribution in [0.25, 0.3) is 0 Å². The second kappa shape index (κ2) is 9.33. The number of carbonyl (C=O) groups is 1. The largest absolute Gasteiger partial charge is 0.385 e. The molecule has 1 aromatic rings. The van der Waals surface area contributed by atoms with Crippen LogP contribution in [0.15, 0.2) is 30.0 Å². The molecule has 1 aliphatic carbocycles. The molecule has 0 saturated carbocycles. The summed E-state index contributed by atoms with van der Waals surface area (Å²) in [7, 11) is 0. The number of rotatable bonds is 8. The van der Waals surface area contributed by atoms with Crippen LogP contribution in [-0.4, -0.2) is 24.0 Å². The number of nitrogens with one attached hydrogen (secondary N) is 2. The Bertz CT molecular complexity index is 537. The Morgan fingerprint density at radius 3 is 2.91 bits per heavy atom. The van der Waals surface area contributed by atoms with Crippen molar-refractivity contribution in [1.82, 2.24) is 10.3 Å². The fourth-order valence-corrected chi connectivity index (χ4v) is 2.73. The van der Waals surface area contributed by atoms with E-state index in [9.17, 15) is 4.79 Å². The zero-order valence-corrected chi connectivity index (χ0v) is 14.4. The van der Waals surface area contributed by atoms with Crippen LogP contribution in [0.4, 0.5) is 5.69 Å². The van der Waals surface area contributed by atoms with Gasteiger partial charge in [-0.1, -0.05) is 25.5 Å². The average Bonchev–Trinajstić information content (AvgIpc) is 2.56. The summed E-state index contributed by atoms with van der Waals surface area (Å²) in [6, 6.07) is 3.74. The van der Waals surface area contributed by atoms with E-state index in [2.05, 4.69) is 35.5 Å². The normalized spacial score (nSPS) is 14.5. The molecule has 0 atom stereocenters. The highest BCUT2D eigenvalue weighted by atomic mass is 16.1. The minimum atomic E-state index is -0.0890. The van der Waals surface area contributed by atoms with Crippen molar-refractivity contribution in [2.45, 2.75) is 52.4 Å². The van der Waals surface area contributed by atoms with Gasteiger partial charge < -0.3 is 10.6 Å².